The van der Waals surface area contributed by atoms with Crippen molar-refractivity contribution in [2.75, 3.05) is 31.6 Å². The zero-order chi connectivity index (χ0) is 25.5. The van der Waals surface area contributed by atoms with Gasteiger partial charge in [-0.15, -0.1) is 6.42 Å². The minimum absolute atomic E-state index is 0.272. The Kier molecular flexibility index (Phi) is 5.63. The molecule has 37 heavy (non-hydrogen) atoms. The second-order valence-electron chi connectivity index (χ2n) is 9.15. The number of carbonyl (C=O) groups excluding carboxylic acids is 1. The van der Waals surface area contributed by atoms with Gasteiger partial charge in [0, 0.05) is 49.0 Å². The first-order chi connectivity index (χ1) is 18.1. The van der Waals surface area contributed by atoms with Crippen LogP contribution in [0.15, 0.2) is 67.1 Å². The fourth-order valence-corrected chi connectivity index (χ4v) is 4.97. The van der Waals surface area contributed by atoms with Gasteiger partial charge in [-0.05, 0) is 48.9 Å². The molecule has 0 radical (unpaired) electrons. The molecule has 0 amide bonds. The van der Waals surface area contributed by atoms with Crippen molar-refractivity contribution in [2.24, 2.45) is 0 Å². The summed E-state index contributed by atoms with van der Waals surface area (Å²) < 4.78 is 17.3. The molecule has 3 aromatic heterocycles. The average molecular weight is 491 g/mol. The average Bonchev–Trinajstić information content (AvgIpc) is 3.33. The van der Waals surface area contributed by atoms with E-state index in [1.165, 1.54) is 6.07 Å². The first-order valence-electron chi connectivity index (χ1n) is 12.0. The van der Waals surface area contributed by atoms with E-state index in [0.29, 0.717) is 42.4 Å². The molecule has 5 aromatic rings. The Morgan fingerprint density at radius 2 is 1.97 bits per heavy atom. The Morgan fingerprint density at radius 1 is 1.08 bits per heavy atom. The molecule has 1 aliphatic heterocycles. The lowest BCUT2D eigenvalue weighted by molar-refractivity contribution is -0.112. The summed E-state index contributed by atoms with van der Waals surface area (Å²) in [6.07, 6.45) is 12.0. The molecule has 0 saturated carbocycles. The van der Waals surface area contributed by atoms with Crippen LogP contribution in [0.1, 0.15) is 5.82 Å². The van der Waals surface area contributed by atoms with E-state index >= 15 is 4.39 Å². The van der Waals surface area contributed by atoms with Crippen LogP contribution in [0, 0.1) is 18.2 Å². The zero-order valence-electron chi connectivity index (χ0n) is 20.2. The summed E-state index contributed by atoms with van der Waals surface area (Å²) in [5, 5.41) is 0.852. The number of rotatable bonds is 4. The number of aromatic nitrogens is 4. The van der Waals surface area contributed by atoms with Crippen LogP contribution in [0.2, 0.25) is 0 Å². The lowest BCUT2D eigenvalue weighted by atomic mass is 10.0. The summed E-state index contributed by atoms with van der Waals surface area (Å²) in [4.78, 5) is 28.7. The molecular weight excluding hydrogens is 467 g/mol. The topological polar surface area (TPSA) is 67.2 Å². The van der Waals surface area contributed by atoms with Crippen molar-refractivity contribution in [3.63, 3.8) is 0 Å². The molecular formula is C29H23FN6O. The van der Waals surface area contributed by atoms with E-state index in [4.69, 9.17) is 6.42 Å². The van der Waals surface area contributed by atoms with Crippen molar-refractivity contribution >= 4 is 33.9 Å². The number of anilines is 1. The molecule has 1 unspecified atom stereocenters. The highest BCUT2D eigenvalue weighted by Crippen LogP contribution is 2.32. The molecule has 1 saturated heterocycles. The number of benzene rings is 2. The van der Waals surface area contributed by atoms with Crippen LogP contribution in [0.5, 0.6) is 0 Å². The fraction of sp³-hybridized carbons (Fsp3) is 0.172. The van der Waals surface area contributed by atoms with Gasteiger partial charge in [0.25, 0.3) is 0 Å². The van der Waals surface area contributed by atoms with E-state index in [1.807, 2.05) is 53.2 Å². The standard InChI is InChI=1S/C29H23FN6O/c1-3-28-33-26-16-32-25-8-6-19(20-5-4-10-31-15-20)13-23(25)29(26)36(28)21-7-9-27(24(30)14-21)35-12-11-34(2)22(17-35)18-37/h1,4-10,13-16,18,22H,11-12,17H2,2H3. The number of pyridine rings is 2. The van der Waals surface area contributed by atoms with E-state index in [0.717, 1.165) is 33.8 Å². The number of carbonyl (C=O) groups is 1. The van der Waals surface area contributed by atoms with Crippen molar-refractivity contribution < 1.29 is 9.18 Å². The number of likely N-dealkylation sites (N-methyl/N-ethyl adjacent to an activating group) is 1. The highest BCUT2D eigenvalue weighted by Gasteiger charge is 2.26. The second kappa shape index (κ2) is 9.12. The van der Waals surface area contributed by atoms with Gasteiger partial charge < -0.3 is 9.69 Å². The van der Waals surface area contributed by atoms with Crippen LogP contribution in [0.3, 0.4) is 0 Å². The van der Waals surface area contributed by atoms with Gasteiger partial charge in [-0.2, -0.15) is 0 Å². The van der Waals surface area contributed by atoms with Crippen molar-refractivity contribution in [3.05, 3.63) is 78.8 Å². The molecule has 1 fully saturated rings. The molecule has 1 aliphatic rings. The lowest BCUT2D eigenvalue weighted by Gasteiger charge is -2.38. The van der Waals surface area contributed by atoms with E-state index < -0.39 is 0 Å². The van der Waals surface area contributed by atoms with Crippen LogP contribution >= 0.6 is 0 Å². The Labute approximate surface area is 213 Å². The molecule has 6 rings (SSSR count). The number of terminal acetylenes is 1. The van der Waals surface area contributed by atoms with Crippen LogP contribution < -0.4 is 4.90 Å². The van der Waals surface area contributed by atoms with Crippen LogP contribution in [0.4, 0.5) is 10.1 Å². The molecule has 2 aromatic carbocycles. The molecule has 0 N–H and O–H groups in total. The second-order valence-corrected chi connectivity index (χ2v) is 9.15. The molecule has 182 valence electrons. The highest BCUT2D eigenvalue weighted by atomic mass is 19.1. The third-order valence-corrected chi connectivity index (χ3v) is 6.99. The predicted octanol–water partition coefficient (Wildman–Crippen LogP) is 4.08. The Bertz CT molecular complexity index is 1690. The zero-order valence-corrected chi connectivity index (χ0v) is 20.2. The third-order valence-electron chi connectivity index (χ3n) is 6.99. The van der Waals surface area contributed by atoms with Crippen LogP contribution in [-0.2, 0) is 4.79 Å². The summed E-state index contributed by atoms with van der Waals surface area (Å²) in [6, 6.07) is 14.7. The van der Waals surface area contributed by atoms with Crippen LogP contribution in [-0.4, -0.2) is 63.4 Å². The Morgan fingerprint density at radius 3 is 2.73 bits per heavy atom. The monoisotopic (exact) mass is 490 g/mol. The van der Waals surface area contributed by atoms with Gasteiger partial charge in [-0.3, -0.25) is 19.4 Å². The SMILES string of the molecule is C#Cc1nc2cnc3ccc(-c4cccnc4)cc3c2n1-c1ccc(N2CCN(C)C(C=O)C2)c(F)c1. The summed E-state index contributed by atoms with van der Waals surface area (Å²) in [5.41, 5.74) is 5.14. The fourth-order valence-electron chi connectivity index (χ4n) is 4.97. The van der Waals surface area contributed by atoms with Gasteiger partial charge >= 0.3 is 0 Å². The third kappa shape index (κ3) is 3.90. The van der Waals surface area contributed by atoms with Gasteiger partial charge in [0.1, 0.15) is 17.6 Å². The molecule has 7 nitrogen and oxygen atoms in total. The predicted molar refractivity (Wildman–Crippen MR) is 142 cm³/mol. The minimum atomic E-state index is -0.383. The minimum Gasteiger partial charge on any atom is -0.366 e. The molecule has 0 aliphatic carbocycles. The van der Waals surface area contributed by atoms with E-state index in [2.05, 4.69) is 20.9 Å². The van der Waals surface area contributed by atoms with Crippen molar-refractivity contribution in [2.45, 2.75) is 6.04 Å². The number of aldehydes is 1. The number of fused-ring (bicyclic) bond motifs is 3. The lowest BCUT2D eigenvalue weighted by Crippen LogP contribution is -2.52. The quantitative estimate of drug-likeness (QED) is 0.280. The number of hydrogen-bond acceptors (Lipinski definition) is 6. The van der Waals surface area contributed by atoms with E-state index in [1.54, 1.807) is 29.2 Å². The number of halogens is 1. The summed E-state index contributed by atoms with van der Waals surface area (Å²) in [5.74, 6) is 2.63. The number of nitrogens with zero attached hydrogens (tertiary/aromatic N) is 6. The number of hydrogen-bond donors (Lipinski definition) is 0. The van der Waals surface area contributed by atoms with Crippen molar-refractivity contribution in [3.8, 4) is 29.2 Å². The number of imidazole rings is 1. The summed E-state index contributed by atoms with van der Waals surface area (Å²) in [7, 11) is 1.90. The molecule has 1 atom stereocenters. The Hall–Kier alpha value is -4.61. The molecule has 4 heterocycles. The Balaban J connectivity index is 1.50. The largest absolute Gasteiger partial charge is 0.366 e. The highest BCUT2D eigenvalue weighted by molar-refractivity contribution is 6.05. The summed E-state index contributed by atoms with van der Waals surface area (Å²) >= 11 is 0. The van der Waals surface area contributed by atoms with E-state index in [9.17, 15) is 4.79 Å². The number of piperazine rings is 1. The van der Waals surface area contributed by atoms with Crippen molar-refractivity contribution in [1.82, 2.24) is 24.4 Å². The van der Waals surface area contributed by atoms with Gasteiger partial charge in [-0.1, -0.05) is 12.1 Å². The van der Waals surface area contributed by atoms with Gasteiger partial charge in [0.15, 0.2) is 5.82 Å². The maximum Gasteiger partial charge on any atom is 0.190 e. The van der Waals surface area contributed by atoms with Gasteiger partial charge in [0.05, 0.1) is 34.6 Å². The summed E-state index contributed by atoms with van der Waals surface area (Å²) in [6.45, 7) is 1.75. The van der Waals surface area contributed by atoms with E-state index in [-0.39, 0.29) is 11.9 Å². The van der Waals surface area contributed by atoms with Crippen molar-refractivity contribution in [1.29, 1.82) is 0 Å². The molecule has 0 bridgehead atoms. The van der Waals surface area contributed by atoms with Gasteiger partial charge in [0.2, 0.25) is 0 Å². The normalized spacial score (nSPS) is 16.2. The molecule has 0 spiro atoms. The maximum absolute atomic E-state index is 15.5. The first kappa shape index (κ1) is 22.8. The van der Waals surface area contributed by atoms with Gasteiger partial charge in [-0.25, -0.2) is 9.37 Å². The smallest absolute Gasteiger partial charge is 0.190 e. The van der Waals surface area contributed by atoms with Crippen LogP contribution in [0.25, 0.3) is 38.8 Å². The first-order valence-corrected chi connectivity index (χ1v) is 12.0. The maximum atomic E-state index is 15.5. The molecule has 8 heteroatoms.